The first-order valence-electron chi connectivity index (χ1n) is 17.9. The molecule has 0 radical (unpaired) electrons. The standard InChI is InChI=1S/C39H42ClF2N7O2/c1-38(14-6-17-46(38)2)16-12-31(50)48-19-13-27(23-48)47(3)36-29-21-43-34(28-10-4-8-25-9-5-11-30(40)32(25)28)33(42)35(29)44-37(45-36)51-24-39-15-7-18-49(39)22-26(41)20-39/h4-5,8-11,21,26-27H,6-7,13-15,17-20,22-24H2,1-3H3/t26-,27-,38+,39+/m1/s1. The zero-order valence-electron chi connectivity index (χ0n) is 29.3. The van der Waals surface area contributed by atoms with Gasteiger partial charge in [-0.25, -0.2) is 8.78 Å². The summed E-state index contributed by atoms with van der Waals surface area (Å²) in [6, 6.07) is 11.0. The molecule has 0 unspecified atom stereocenters. The summed E-state index contributed by atoms with van der Waals surface area (Å²) in [5.74, 6) is 5.79. The maximum absolute atomic E-state index is 16.9. The zero-order chi connectivity index (χ0) is 35.5. The number of ether oxygens (including phenoxy) is 1. The summed E-state index contributed by atoms with van der Waals surface area (Å²) in [6.07, 6.45) is 5.55. The van der Waals surface area contributed by atoms with Crippen molar-refractivity contribution in [1.82, 2.24) is 29.7 Å². The molecule has 2 aromatic carbocycles. The molecule has 0 bridgehead atoms. The van der Waals surface area contributed by atoms with Crippen molar-refractivity contribution in [2.75, 3.05) is 58.3 Å². The molecule has 4 aliphatic rings. The van der Waals surface area contributed by atoms with E-state index in [9.17, 15) is 9.18 Å². The van der Waals surface area contributed by atoms with E-state index in [0.29, 0.717) is 59.7 Å². The van der Waals surface area contributed by atoms with Crippen molar-refractivity contribution in [2.24, 2.45) is 0 Å². The Morgan fingerprint density at radius 1 is 1.12 bits per heavy atom. The smallest absolute Gasteiger partial charge is 0.319 e. The summed E-state index contributed by atoms with van der Waals surface area (Å²) in [5.41, 5.74) is 0.0144. The maximum atomic E-state index is 16.9. The fraction of sp³-hybridized carbons (Fsp3) is 0.487. The number of rotatable bonds is 6. The number of anilines is 1. The van der Waals surface area contributed by atoms with Crippen LogP contribution in [0.1, 0.15) is 45.4 Å². The third kappa shape index (κ3) is 6.05. The molecule has 8 rings (SSSR count). The van der Waals surface area contributed by atoms with Crippen LogP contribution in [0.25, 0.3) is 32.9 Å². The van der Waals surface area contributed by atoms with Crippen molar-refractivity contribution in [3.8, 4) is 29.1 Å². The number of likely N-dealkylation sites (N-methyl/N-ethyl adjacent to an activating group) is 1. The molecule has 4 atom stereocenters. The van der Waals surface area contributed by atoms with Gasteiger partial charge in [-0.2, -0.15) is 9.97 Å². The number of fused-ring (bicyclic) bond motifs is 3. The van der Waals surface area contributed by atoms with Crippen LogP contribution in [-0.4, -0.2) is 112 Å². The number of hydrogen-bond donors (Lipinski definition) is 0. The first-order valence-corrected chi connectivity index (χ1v) is 18.2. The number of nitrogens with zero attached hydrogens (tertiary/aromatic N) is 7. The van der Waals surface area contributed by atoms with Gasteiger partial charge in [0.25, 0.3) is 5.91 Å². The molecule has 0 N–H and O–H groups in total. The molecule has 4 fully saturated rings. The predicted octanol–water partition coefficient (Wildman–Crippen LogP) is 6.12. The first-order chi connectivity index (χ1) is 24.5. The van der Waals surface area contributed by atoms with Crippen LogP contribution in [0.3, 0.4) is 0 Å². The van der Waals surface area contributed by atoms with E-state index in [4.69, 9.17) is 21.3 Å². The average Bonchev–Trinajstić information content (AvgIpc) is 3.90. The monoisotopic (exact) mass is 713 g/mol. The fourth-order valence-corrected chi connectivity index (χ4v) is 8.91. The molecule has 2 aromatic heterocycles. The molecule has 6 heterocycles. The van der Waals surface area contributed by atoms with Crippen molar-refractivity contribution in [3.05, 3.63) is 53.4 Å². The molecule has 9 nitrogen and oxygen atoms in total. The number of benzene rings is 2. The normalized spacial score (nSPS) is 26.5. The number of amides is 1. The molecule has 1 amide bonds. The highest BCUT2D eigenvalue weighted by atomic mass is 35.5. The van der Waals surface area contributed by atoms with Gasteiger partial charge in [0.15, 0.2) is 5.82 Å². The van der Waals surface area contributed by atoms with Crippen molar-refractivity contribution in [2.45, 2.75) is 68.7 Å². The van der Waals surface area contributed by atoms with Crippen molar-refractivity contribution in [3.63, 3.8) is 0 Å². The molecule has 4 aliphatic heterocycles. The number of likely N-dealkylation sites (tertiary alicyclic amines) is 2. The highest BCUT2D eigenvalue weighted by molar-refractivity contribution is 6.36. The SMILES string of the molecule is CN(c1nc(OC[C@@]23CCCN2C[C@H](F)C3)nc2c(F)c(-c3cccc4cccc(Cl)c34)ncc12)[C@@H]1CCN(C(=O)C#C[C@]2(C)CCCN2C)C1. The number of halogens is 3. The lowest BCUT2D eigenvalue weighted by Crippen LogP contribution is -2.43. The molecule has 266 valence electrons. The second-order valence-electron chi connectivity index (χ2n) is 14.9. The highest BCUT2D eigenvalue weighted by Crippen LogP contribution is 2.41. The minimum atomic E-state index is -0.911. The van der Waals surface area contributed by atoms with E-state index < -0.39 is 17.5 Å². The Morgan fingerprint density at radius 2 is 1.92 bits per heavy atom. The lowest BCUT2D eigenvalue weighted by Gasteiger charge is -2.31. The van der Waals surface area contributed by atoms with E-state index in [1.54, 1.807) is 23.2 Å². The quantitative estimate of drug-likeness (QED) is 0.222. The molecule has 4 aromatic rings. The lowest BCUT2D eigenvalue weighted by molar-refractivity contribution is -0.124. The van der Waals surface area contributed by atoms with Crippen LogP contribution in [0.5, 0.6) is 6.01 Å². The molecule has 0 saturated carbocycles. The van der Waals surface area contributed by atoms with Crippen LogP contribution >= 0.6 is 11.6 Å². The predicted molar refractivity (Wildman–Crippen MR) is 195 cm³/mol. The van der Waals surface area contributed by atoms with Gasteiger partial charge < -0.3 is 14.5 Å². The summed E-state index contributed by atoms with van der Waals surface area (Å²) >= 11 is 6.63. The van der Waals surface area contributed by atoms with Crippen molar-refractivity contribution >= 4 is 45.0 Å². The first kappa shape index (κ1) is 34.0. The third-order valence-electron chi connectivity index (χ3n) is 11.8. The fourth-order valence-electron chi connectivity index (χ4n) is 8.62. The molecular weight excluding hydrogens is 672 g/mol. The van der Waals surface area contributed by atoms with Gasteiger partial charge in [0, 0.05) is 61.3 Å². The van der Waals surface area contributed by atoms with Gasteiger partial charge in [0.05, 0.1) is 16.5 Å². The van der Waals surface area contributed by atoms with Crippen LogP contribution < -0.4 is 9.64 Å². The highest BCUT2D eigenvalue weighted by Gasteiger charge is 2.49. The summed E-state index contributed by atoms with van der Waals surface area (Å²) in [4.78, 5) is 35.5. The van der Waals surface area contributed by atoms with Crippen LogP contribution in [0.2, 0.25) is 5.02 Å². The van der Waals surface area contributed by atoms with Crippen molar-refractivity contribution < 1.29 is 18.3 Å². The molecule has 0 aliphatic carbocycles. The van der Waals surface area contributed by atoms with Gasteiger partial charge in [-0.15, -0.1) is 0 Å². The molecule has 12 heteroatoms. The minimum absolute atomic E-state index is 0.0191. The number of hydrogen-bond acceptors (Lipinski definition) is 8. The van der Waals surface area contributed by atoms with E-state index in [-0.39, 0.29) is 41.3 Å². The van der Waals surface area contributed by atoms with Crippen LogP contribution in [0, 0.1) is 17.7 Å². The minimum Gasteiger partial charge on any atom is -0.461 e. The van der Waals surface area contributed by atoms with Gasteiger partial charge >= 0.3 is 6.01 Å². The van der Waals surface area contributed by atoms with E-state index in [2.05, 4.69) is 38.5 Å². The lowest BCUT2D eigenvalue weighted by atomic mass is 9.95. The Bertz CT molecular complexity index is 2080. The summed E-state index contributed by atoms with van der Waals surface area (Å²) in [7, 11) is 3.94. The Hall–Kier alpha value is -4.11. The van der Waals surface area contributed by atoms with Crippen LogP contribution in [-0.2, 0) is 4.79 Å². The van der Waals surface area contributed by atoms with Gasteiger partial charge in [-0.1, -0.05) is 47.9 Å². The molecule has 4 saturated heterocycles. The van der Waals surface area contributed by atoms with Crippen LogP contribution in [0.15, 0.2) is 42.6 Å². The van der Waals surface area contributed by atoms with E-state index in [1.807, 2.05) is 43.3 Å². The number of carbonyl (C=O) groups is 1. The van der Waals surface area contributed by atoms with E-state index >= 15 is 4.39 Å². The average molecular weight is 714 g/mol. The molecule has 51 heavy (non-hydrogen) atoms. The van der Waals surface area contributed by atoms with Crippen molar-refractivity contribution in [1.29, 1.82) is 0 Å². The van der Waals surface area contributed by atoms with Crippen LogP contribution in [0.4, 0.5) is 14.6 Å². The summed E-state index contributed by atoms with van der Waals surface area (Å²) < 4.78 is 37.7. The second kappa shape index (κ2) is 13.1. The van der Waals surface area contributed by atoms with Gasteiger partial charge in [0.1, 0.15) is 29.8 Å². The Kier molecular flexibility index (Phi) is 8.76. The van der Waals surface area contributed by atoms with Gasteiger partial charge in [-0.3, -0.25) is 19.6 Å². The number of carbonyl (C=O) groups excluding carboxylic acids is 1. The Morgan fingerprint density at radius 3 is 2.73 bits per heavy atom. The zero-order valence-corrected chi connectivity index (χ0v) is 30.0. The topological polar surface area (TPSA) is 77.9 Å². The number of aromatic nitrogens is 3. The van der Waals surface area contributed by atoms with Gasteiger partial charge in [0.2, 0.25) is 0 Å². The number of alkyl halides is 1. The van der Waals surface area contributed by atoms with E-state index in [1.165, 1.54) is 0 Å². The largest absolute Gasteiger partial charge is 0.461 e. The van der Waals surface area contributed by atoms with E-state index in [0.717, 1.165) is 44.2 Å². The van der Waals surface area contributed by atoms with Gasteiger partial charge in [-0.05, 0) is 76.5 Å². The maximum Gasteiger partial charge on any atom is 0.319 e. The second-order valence-corrected chi connectivity index (χ2v) is 15.3. The summed E-state index contributed by atoms with van der Waals surface area (Å²) in [5, 5.41) is 2.48. The molecular formula is C39H42ClF2N7O2. The molecule has 0 spiro atoms. The summed E-state index contributed by atoms with van der Waals surface area (Å²) in [6.45, 7) is 5.46. The Labute approximate surface area is 301 Å². The third-order valence-corrected chi connectivity index (χ3v) is 12.1. The number of pyridine rings is 1. The Balaban J connectivity index is 1.14.